The van der Waals surface area contributed by atoms with E-state index in [2.05, 4.69) is 50.2 Å². The second-order valence-electron chi connectivity index (χ2n) is 10.00. The van der Waals surface area contributed by atoms with Crippen LogP contribution in [0.15, 0.2) is 24.8 Å². The summed E-state index contributed by atoms with van der Waals surface area (Å²) in [6.07, 6.45) is 6.90. The molecule has 4 aromatic heterocycles. The second kappa shape index (κ2) is 9.50. The summed E-state index contributed by atoms with van der Waals surface area (Å²) in [5.74, 6) is 0.203. The largest absolute Gasteiger partial charge is 0.358 e. The Hall–Kier alpha value is -3.53. The van der Waals surface area contributed by atoms with Gasteiger partial charge < -0.3 is 15.2 Å². The van der Waals surface area contributed by atoms with E-state index in [0.29, 0.717) is 36.4 Å². The summed E-state index contributed by atoms with van der Waals surface area (Å²) in [5, 5.41) is 7.57. The molecule has 10 heteroatoms. The monoisotopic (exact) mass is 492 g/mol. The lowest BCUT2D eigenvalue weighted by Crippen LogP contribution is -2.46. The average molecular weight is 493 g/mol. The maximum absolute atomic E-state index is 16.1. The molecule has 0 saturated carbocycles. The van der Waals surface area contributed by atoms with Crippen molar-refractivity contribution in [2.45, 2.75) is 45.6 Å². The molecule has 2 N–H and O–H groups in total. The molecule has 0 atom stereocenters. The van der Waals surface area contributed by atoms with Crippen LogP contribution in [-0.4, -0.2) is 75.1 Å². The SMILES string of the molecule is CNC(=O)CN(C)C1CCN(c2ncc3[nH]c(-c4cc(C)c5ncnn5c4)c(C(C)C)c3c2F)CC1. The molecule has 0 spiro atoms. The number of piperidine rings is 1. The van der Waals surface area contributed by atoms with Crippen molar-refractivity contribution in [3.8, 4) is 11.3 Å². The summed E-state index contributed by atoms with van der Waals surface area (Å²) in [5.41, 5.74) is 5.25. The number of fused-ring (bicyclic) bond motifs is 2. The van der Waals surface area contributed by atoms with Crippen molar-refractivity contribution in [1.29, 1.82) is 0 Å². The first-order valence-corrected chi connectivity index (χ1v) is 12.4. The topological polar surface area (TPSA) is 94.5 Å². The van der Waals surface area contributed by atoms with Gasteiger partial charge in [-0.3, -0.25) is 9.69 Å². The number of aromatic nitrogens is 5. The first-order chi connectivity index (χ1) is 17.3. The number of hydrogen-bond donors (Lipinski definition) is 2. The fraction of sp³-hybridized carbons (Fsp3) is 0.462. The Morgan fingerprint density at radius 2 is 2.06 bits per heavy atom. The van der Waals surface area contributed by atoms with Gasteiger partial charge in [0.2, 0.25) is 5.91 Å². The summed E-state index contributed by atoms with van der Waals surface area (Å²) in [7, 11) is 3.62. The molecule has 1 amide bonds. The van der Waals surface area contributed by atoms with Crippen LogP contribution in [0, 0.1) is 12.7 Å². The quantitative estimate of drug-likeness (QED) is 0.428. The van der Waals surface area contributed by atoms with Crippen LogP contribution >= 0.6 is 0 Å². The van der Waals surface area contributed by atoms with E-state index in [-0.39, 0.29) is 23.7 Å². The molecule has 0 bridgehead atoms. The van der Waals surface area contributed by atoms with Crippen LogP contribution in [0.1, 0.15) is 43.7 Å². The predicted octanol–water partition coefficient (Wildman–Crippen LogP) is 3.49. The number of carbonyl (C=O) groups is 1. The Morgan fingerprint density at radius 1 is 1.31 bits per heavy atom. The van der Waals surface area contributed by atoms with Gasteiger partial charge in [-0.2, -0.15) is 5.10 Å². The summed E-state index contributed by atoms with van der Waals surface area (Å²) in [4.78, 5) is 28.1. The molecule has 0 aromatic carbocycles. The van der Waals surface area contributed by atoms with Crippen LogP contribution < -0.4 is 10.2 Å². The van der Waals surface area contributed by atoms with Crippen molar-refractivity contribution in [3.63, 3.8) is 0 Å². The molecule has 0 unspecified atom stereocenters. The molecule has 0 radical (unpaired) electrons. The van der Waals surface area contributed by atoms with Gasteiger partial charge in [-0.05, 0) is 49.9 Å². The third-order valence-corrected chi connectivity index (χ3v) is 7.28. The minimum atomic E-state index is -0.283. The number of nitrogens with zero attached hydrogens (tertiary/aromatic N) is 6. The highest BCUT2D eigenvalue weighted by atomic mass is 19.1. The molecule has 5 heterocycles. The van der Waals surface area contributed by atoms with Crippen LogP contribution in [-0.2, 0) is 4.79 Å². The molecular weight excluding hydrogens is 459 g/mol. The zero-order valence-electron chi connectivity index (χ0n) is 21.5. The van der Waals surface area contributed by atoms with Crippen LogP contribution in [0.5, 0.6) is 0 Å². The van der Waals surface area contributed by atoms with Gasteiger partial charge in [-0.1, -0.05) is 13.8 Å². The van der Waals surface area contributed by atoms with Gasteiger partial charge in [0, 0.05) is 43.3 Å². The number of aryl methyl sites for hydroxylation is 1. The number of halogens is 1. The fourth-order valence-corrected chi connectivity index (χ4v) is 5.37. The number of amides is 1. The van der Waals surface area contributed by atoms with Crippen molar-refractivity contribution in [1.82, 2.24) is 34.8 Å². The van der Waals surface area contributed by atoms with E-state index >= 15 is 4.39 Å². The van der Waals surface area contributed by atoms with Crippen molar-refractivity contribution < 1.29 is 9.18 Å². The fourth-order valence-electron chi connectivity index (χ4n) is 5.37. The Kier molecular flexibility index (Phi) is 6.38. The molecule has 1 fully saturated rings. The Balaban J connectivity index is 1.48. The summed E-state index contributed by atoms with van der Waals surface area (Å²) >= 11 is 0. The number of nitrogens with one attached hydrogen (secondary N) is 2. The van der Waals surface area contributed by atoms with Gasteiger partial charge in [0.15, 0.2) is 17.3 Å². The number of hydrogen-bond acceptors (Lipinski definition) is 6. The maximum atomic E-state index is 16.1. The second-order valence-corrected chi connectivity index (χ2v) is 10.00. The van der Waals surface area contributed by atoms with Gasteiger partial charge in [0.25, 0.3) is 0 Å². The predicted molar refractivity (Wildman–Crippen MR) is 139 cm³/mol. The molecule has 1 aliphatic heterocycles. The number of likely N-dealkylation sites (N-methyl/N-ethyl adjacent to an activating group) is 2. The number of pyridine rings is 2. The molecule has 5 rings (SSSR count). The molecule has 4 aromatic rings. The number of rotatable bonds is 6. The molecule has 9 nitrogen and oxygen atoms in total. The summed E-state index contributed by atoms with van der Waals surface area (Å²) in [6.45, 7) is 7.91. The van der Waals surface area contributed by atoms with Crippen LogP contribution in [0.25, 0.3) is 27.8 Å². The highest BCUT2D eigenvalue weighted by Gasteiger charge is 2.28. The molecule has 0 aliphatic carbocycles. The number of aromatic amines is 1. The third kappa shape index (κ3) is 4.19. The standard InChI is InChI=1S/C26H33FN8O/c1-15(2)21-22-19(32-24(21)17-10-16(3)25-30-14-31-35(25)12-17)11-29-26(23(22)27)34-8-6-18(7-9-34)33(5)13-20(36)28-4/h10-12,14-15,18,32H,6-9,13H2,1-5H3,(H,28,36). The third-order valence-electron chi connectivity index (χ3n) is 7.28. The van der Waals surface area contributed by atoms with E-state index in [1.165, 1.54) is 6.33 Å². The lowest BCUT2D eigenvalue weighted by atomic mass is 9.96. The summed E-state index contributed by atoms with van der Waals surface area (Å²) in [6, 6.07) is 2.35. The normalized spacial score (nSPS) is 15.1. The molecular formula is C26H33FN8O. The van der Waals surface area contributed by atoms with E-state index in [1.807, 2.05) is 25.1 Å². The average Bonchev–Trinajstić information content (AvgIpc) is 3.50. The smallest absolute Gasteiger partial charge is 0.233 e. The van der Waals surface area contributed by atoms with Gasteiger partial charge in [0.1, 0.15) is 6.33 Å². The number of anilines is 1. The Bertz CT molecular complexity index is 1420. The first-order valence-electron chi connectivity index (χ1n) is 12.4. The maximum Gasteiger partial charge on any atom is 0.233 e. The van der Waals surface area contributed by atoms with Crippen molar-refractivity contribution in [2.24, 2.45) is 0 Å². The molecule has 1 aliphatic rings. The van der Waals surface area contributed by atoms with Crippen LogP contribution in [0.3, 0.4) is 0 Å². The van der Waals surface area contributed by atoms with Gasteiger partial charge in [-0.25, -0.2) is 18.9 Å². The van der Waals surface area contributed by atoms with Crippen LogP contribution in [0.2, 0.25) is 0 Å². The first kappa shape index (κ1) is 24.2. The van der Waals surface area contributed by atoms with Crippen LogP contribution in [0.4, 0.5) is 10.2 Å². The van der Waals surface area contributed by atoms with Gasteiger partial charge in [-0.15, -0.1) is 0 Å². The number of H-pyrrole nitrogens is 1. The van der Waals surface area contributed by atoms with Gasteiger partial charge >= 0.3 is 0 Å². The van der Waals surface area contributed by atoms with E-state index in [1.54, 1.807) is 17.8 Å². The molecule has 1 saturated heterocycles. The van der Waals surface area contributed by atoms with Crippen molar-refractivity contribution in [3.05, 3.63) is 41.7 Å². The number of carbonyl (C=O) groups excluding carboxylic acids is 1. The minimum absolute atomic E-state index is 0.000678. The van der Waals surface area contributed by atoms with Crippen molar-refractivity contribution in [2.75, 3.05) is 38.6 Å². The van der Waals surface area contributed by atoms with E-state index in [4.69, 9.17) is 0 Å². The zero-order valence-corrected chi connectivity index (χ0v) is 21.5. The summed E-state index contributed by atoms with van der Waals surface area (Å²) < 4.78 is 17.9. The Morgan fingerprint density at radius 3 is 2.75 bits per heavy atom. The molecule has 36 heavy (non-hydrogen) atoms. The van der Waals surface area contributed by atoms with E-state index < -0.39 is 0 Å². The lowest BCUT2D eigenvalue weighted by Gasteiger charge is -2.37. The lowest BCUT2D eigenvalue weighted by molar-refractivity contribution is -0.122. The Labute approximate surface area is 209 Å². The highest BCUT2D eigenvalue weighted by molar-refractivity contribution is 5.93. The van der Waals surface area contributed by atoms with E-state index in [9.17, 15) is 4.79 Å². The van der Waals surface area contributed by atoms with E-state index in [0.717, 1.165) is 40.9 Å². The van der Waals surface area contributed by atoms with Crippen molar-refractivity contribution >= 4 is 28.3 Å². The molecule has 190 valence electrons. The highest BCUT2D eigenvalue weighted by Crippen LogP contribution is 2.39. The van der Waals surface area contributed by atoms with Gasteiger partial charge in [0.05, 0.1) is 24.0 Å². The minimum Gasteiger partial charge on any atom is -0.358 e. The zero-order chi connectivity index (χ0) is 25.6.